The van der Waals surface area contributed by atoms with Crippen molar-refractivity contribution < 1.29 is 23.6 Å². The van der Waals surface area contributed by atoms with Crippen LogP contribution in [0.1, 0.15) is 53.3 Å². The van der Waals surface area contributed by atoms with E-state index in [1.54, 1.807) is 43.2 Å². The van der Waals surface area contributed by atoms with Crippen molar-refractivity contribution in [1.29, 1.82) is 0 Å². The summed E-state index contributed by atoms with van der Waals surface area (Å²) in [6.07, 6.45) is 1.38. The Morgan fingerprint density at radius 1 is 1.21 bits per heavy atom. The van der Waals surface area contributed by atoms with Crippen molar-refractivity contribution in [3.8, 4) is 11.5 Å². The van der Waals surface area contributed by atoms with Crippen LogP contribution in [0.3, 0.4) is 0 Å². The topological polar surface area (TPSA) is 93.9 Å². The summed E-state index contributed by atoms with van der Waals surface area (Å²) >= 11 is 0. The maximum atomic E-state index is 12.9. The number of benzene rings is 1. The van der Waals surface area contributed by atoms with Crippen LogP contribution in [0.15, 0.2) is 28.8 Å². The third-order valence-electron chi connectivity index (χ3n) is 4.75. The van der Waals surface area contributed by atoms with Crippen LogP contribution in [0.2, 0.25) is 0 Å². The fraction of sp³-hybridized carbons (Fsp3) is 0.476. The van der Waals surface area contributed by atoms with E-state index in [2.05, 4.69) is 10.5 Å². The van der Waals surface area contributed by atoms with E-state index < -0.39 is 0 Å². The highest BCUT2D eigenvalue weighted by atomic mass is 16.5. The number of ether oxygens (including phenoxy) is 2. The fourth-order valence-electron chi connectivity index (χ4n) is 3.29. The Morgan fingerprint density at radius 2 is 1.93 bits per heavy atom. The maximum absolute atomic E-state index is 12.9. The first-order valence-corrected chi connectivity index (χ1v) is 9.75. The van der Waals surface area contributed by atoms with Gasteiger partial charge in [0.05, 0.1) is 13.2 Å². The standard InChI is InChI=1S/C21H27N3O5/c1-13(2)28-18-6-5-15(12-19(18)27-4)21(26)24-9-7-16(8-10-24)22-20(25)17-11-14(3)29-23-17/h5-6,11-13,16H,7-10H2,1-4H3,(H,22,25). The number of methoxy groups -OCH3 is 1. The molecule has 0 spiro atoms. The van der Waals surface area contributed by atoms with Gasteiger partial charge in [0.15, 0.2) is 17.2 Å². The van der Waals surface area contributed by atoms with Crippen LogP contribution in [0, 0.1) is 6.92 Å². The van der Waals surface area contributed by atoms with Gasteiger partial charge in [-0.05, 0) is 51.8 Å². The van der Waals surface area contributed by atoms with Gasteiger partial charge in [0.1, 0.15) is 5.76 Å². The normalized spacial score (nSPS) is 14.7. The van der Waals surface area contributed by atoms with Gasteiger partial charge >= 0.3 is 0 Å². The minimum absolute atomic E-state index is 0.0000833. The van der Waals surface area contributed by atoms with Gasteiger partial charge in [-0.2, -0.15) is 0 Å². The molecule has 8 heteroatoms. The lowest BCUT2D eigenvalue weighted by molar-refractivity contribution is 0.0697. The Hall–Kier alpha value is -3.03. The lowest BCUT2D eigenvalue weighted by atomic mass is 10.0. The minimum atomic E-state index is -0.253. The van der Waals surface area contributed by atoms with Gasteiger partial charge in [0.2, 0.25) is 0 Å². The lowest BCUT2D eigenvalue weighted by Crippen LogP contribution is -2.46. The number of aromatic nitrogens is 1. The van der Waals surface area contributed by atoms with Gasteiger partial charge in [0, 0.05) is 30.8 Å². The molecule has 1 N–H and O–H groups in total. The summed E-state index contributed by atoms with van der Waals surface area (Å²) in [5, 5.41) is 6.69. The van der Waals surface area contributed by atoms with Gasteiger partial charge < -0.3 is 24.2 Å². The van der Waals surface area contributed by atoms with Gasteiger partial charge in [-0.25, -0.2) is 0 Å². The number of amides is 2. The molecule has 29 heavy (non-hydrogen) atoms. The summed E-state index contributed by atoms with van der Waals surface area (Å²) in [5.41, 5.74) is 0.829. The first-order chi connectivity index (χ1) is 13.9. The van der Waals surface area contributed by atoms with Crippen LogP contribution >= 0.6 is 0 Å². The van der Waals surface area contributed by atoms with Crippen LogP contribution < -0.4 is 14.8 Å². The molecule has 1 aliphatic heterocycles. The van der Waals surface area contributed by atoms with Crippen LogP contribution in [-0.4, -0.2) is 54.2 Å². The average molecular weight is 401 g/mol. The predicted octanol–water partition coefficient (Wildman–Crippen LogP) is 2.81. The van der Waals surface area contributed by atoms with E-state index in [9.17, 15) is 9.59 Å². The molecule has 1 fully saturated rings. The second kappa shape index (κ2) is 8.98. The molecule has 1 aliphatic rings. The molecule has 0 atom stereocenters. The molecule has 0 bridgehead atoms. The quantitative estimate of drug-likeness (QED) is 0.800. The van der Waals surface area contributed by atoms with Crippen molar-refractivity contribution in [2.75, 3.05) is 20.2 Å². The van der Waals surface area contributed by atoms with Crippen molar-refractivity contribution in [2.45, 2.75) is 45.8 Å². The van der Waals surface area contributed by atoms with Gasteiger partial charge in [-0.1, -0.05) is 5.16 Å². The minimum Gasteiger partial charge on any atom is -0.493 e. The van der Waals surface area contributed by atoms with Crippen molar-refractivity contribution in [3.63, 3.8) is 0 Å². The number of carbonyl (C=O) groups is 2. The molecule has 1 aromatic heterocycles. The van der Waals surface area contributed by atoms with Gasteiger partial charge in [0.25, 0.3) is 11.8 Å². The molecular weight excluding hydrogens is 374 g/mol. The number of nitrogens with zero attached hydrogens (tertiary/aromatic N) is 2. The monoisotopic (exact) mass is 401 g/mol. The van der Waals surface area contributed by atoms with Crippen LogP contribution in [0.5, 0.6) is 11.5 Å². The molecule has 0 saturated carbocycles. The molecule has 0 radical (unpaired) electrons. The van der Waals surface area contributed by atoms with E-state index >= 15 is 0 Å². The fourth-order valence-corrected chi connectivity index (χ4v) is 3.29. The molecule has 2 heterocycles. The maximum Gasteiger partial charge on any atom is 0.273 e. The van der Waals surface area contributed by atoms with Crippen molar-refractivity contribution in [2.24, 2.45) is 0 Å². The number of aryl methyl sites for hydroxylation is 1. The zero-order chi connectivity index (χ0) is 21.0. The number of likely N-dealkylation sites (tertiary alicyclic amines) is 1. The zero-order valence-corrected chi connectivity index (χ0v) is 17.2. The second-order valence-corrected chi connectivity index (χ2v) is 7.39. The predicted molar refractivity (Wildman–Crippen MR) is 106 cm³/mol. The van der Waals surface area contributed by atoms with Crippen molar-refractivity contribution >= 4 is 11.8 Å². The highest BCUT2D eigenvalue weighted by molar-refractivity contribution is 5.95. The van der Waals surface area contributed by atoms with Crippen LogP contribution in [0.25, 0.3) is 0 Å². The summed E-state index contributed by atoms with van der Waals surface area (Å²) in [4.78, 5) is 26.9. The molecule has 0 aliphatic carbocycles. The highest BCUT2D eigenvalue weighted by Crippen LogP contribution is 2.29. The first-order valence-electron chi connectivity index (χ1n) is 9.75. The Morgan fingerprint density at radius 3 is 2.52 bits per heavy atom. The summed E-state index contributed by atoms with van der Waals surface area (Å²) < 4.78 is 16.0. The summed E-state index contributed by atoms with van der Waals surface area (Å²) in [5.74, 6) is 1.43. The molecule has 2 aromatic rings. The molecule has 1 saturated heterocycles. The van der Waals surface area contributed by atoms with Gasteiger partial charge in [-0.15, -0.1) is 0 Å². The van der Waals surface area contributed by atoms with Crippen LogP contribution in [0.4, 0.5) is 0 Å². The Labute approximate surface area is 170 Å². The number of piperidine rings is 1. The smallest absolute Gasteiger partial charge is 0.273 e. The molecule has 0 unspecified atom stereocenters. The Bertz CT molecular complexity index is 869. The number of hydrogen-bond acceptors (Lipinski definition) is 6. The number of carbonyl (C=O) groups excluding carboxylic acids is 2. The largest absolute Gasteiger partial charge is 0.493 e. The van der Waals surface area contributed by atoms with Crippen LogP contribution in [-0.2, 0) is 0 Å². The Balaban J connectivity index is 1.57. The van der Waals surface area contributed by atoms with Crippen molar-refractivity contribution in [1.82, 2.24) is 15.4 Å². The molecule has 8 nitrogen and oxygen atoms in total. The molecule has 156 valence electrons. The third-order valence-corrected chi connectivity index (χ3v) is 4.75. The Kier molecular flexibility index (Phi) is 6.41. The number of rotatable bonds is 6. The lowest BCUT2D eigenvalue weighted by Gasteiger charge is -2.32. The van der Waals surface area contributed by atoms with E-state index in [0.717, 1.165) is 0 Å². The summed E-state index contributed by atoms with van der Waals surface area (Å²) in [6.45, 7) is 6.74. The summed E-state index contributed by atoms with van der Waals surface area (Å²) in [7, 11) is 1.56. The molecule has 1 aromatic carbocycles. The first kappa shape index (κ1) is 20.7. The van der Waals surface area contributed by atoms with Gasteiger partial charge in [-0.3, -0.25) is 9.59 Å². The third kappa shape index (κ3) is 5.07. The zero-order valence-electron chi connectivity index (χ0n) is 17.2. The SMILES string of the molecule is COc1cc(C(=O)N2CCC(NC(=O)c3cc(C)on3)CC2)ccc1OC(C)C. The summed E-state index contributed by atoms with van der Waals surface area (Å²) in [6, 6.07) is 6.83. The highest BCUT2D eigenvalue weighted by Gasteiger charge is 2.26. The van der Waals surface area contributed by atoms with E-state index in [4.69, 9.17) is 14.0 Å². The van der Waals surface area contributed by atoms with E-state index in [1.807, 2.05) is 13.8 Å². The second-order valence-electron chi connectivity index (χ2n) is 7.39. The van der Waals surface area contributed by atoms with E-state index in [-0.39, 0.29) is 29.7 Å². The number of hydrogen-bond donors (Lipinski definition) is 1. The van der Waals surface area contributed by atoms with Crippen molar-refractivity contribution in [3.05, 3.63) is 41.3 Å². The average Bonchev–Trinajstić information content (AvgIpc) is 3.14. The molecule has 3 rings (SSSR count). The van der Waals surface area contributed by atoms with E-state index in [0.29, 0.717) is 48.8 Å². The van der Waals surface area contributed by atoms with E-state index in [1.165, 1.54) is 0 Å². The number of nitrogens with one attached hydrogen (secondary N) is 1. The molecular formula is C21H27N3O5. The molecule has 2 amide bonds.